The van der Waals surface area contributed by atoms with Crippen molar-refractivity contribution in [2.75, 3.05) is 20.8 Å². The van der Waals surface area contributed by atoms with Crippen LogP contribution >= 0.6 is 12.4 Å². The molecule has 1 atom stereocenters. The van der Waals surface area contributed by atoms with E-state index in [1.807, 2.05) is 22.9 Å². The maximum absolute atomic E-state index is 5.75. The largest absolute Gasteiger partial charge is 0.497 e. The van der Waals surface area contributed by atoms with Gasteiger partial charge in [0.25, 0.3) is 0 Å². The molecule has 7 nitrogen and oxygen atoms in total. The summed E-state index contributed by atoms with van der Waals surface area (Å²) >= 11 is 0. The third-order valence-corrected chi connectivity index (χ3v) is 5.63. The van der Waals surface area contributed by atoms with Crippen LogP contribution in [0.2, 0.25) is 0 Å². The second-order valence-electron chi connectivity index (χ2n) is 8.62. The Labute approximate surface area is 189 Å². The SMILES string of the molecule is COc1ccc(OC)c(C(c2nnnn2C(C)(C)C)N2CCc3ccccc3C2)c1.Cl. The molecule has 1 aromatic heterocycles. The number of halogens is 1. The van der Waals surface area contributed by atoms with Crippen LogP contribution in [0.3, 0.4) is 0 Å². The second-order valence-corrected chi connectivity index (χ2v) is 8.62. The maximum Gasteiger partial charge on any atom is 0.173 e. The Kier molecular flexibility index (Phi) is 6.86. The topological polar surface area (TPSA) is 65.3 Å². The number of methoxy groups -OCH3 is 2. The first kappa shape index (κ1) is 23.0. The van der Waals surface area contributed by atoms with Crippen molar-refractivity contribution in [3.05, 3.63) is 65.0 Å². The molecule has 0 amide bonds. The molecule has 1 aliphatic heterocycles. The number of aromatic nitrogens is 4. The van der Waals surface area contributed by atoms with Gasteiger partial charge in [-0.2, -0.15) is 0 Å². The smallest absolute Gasteiger partial charge is 0.173 e. The van der Waals surface area contributed by atoms with Crippen LogP contribution in [0.4, 0.5) is 0 Å². The minimum absolute atomic E-state index is 0. The molecule has 0 saturated carbocycles. The first-order valence-corrected chi connectivity index (χ1v) is 10.2. The molecule has 166 valence electrons. The molecule has 1 unspecified atom stereocenters. The zero-order chi connectivity index (χ0) is 21.3. The highest BCUT2D eigenvalue weighted by Crippen LogP contribution is 2.39. The molecule has 31 heavy (non-hydrogen) atoms. The predicted molar refractivity (Wildman–Crippen MR) is 122 cm³/mol. The van der Waals surface area contributed by atoms with Gasteiger partial charge in [-0.15, -0.1) is 17.5 Å². The van der Waals surface area contributed by atoms with Crippen LogP contribution in [0.15, 0.2) is 42.5 Å². The number of rotatable bonds is 5. The number of tetrazole rings is 1. The fourth-order valence-corrected chi connectivity index (χ4v) is 4.13. The number of benzene rings is 2. The van der Waals surface area contributed by atoms with Gasteiger partial charge >= 0.3 is 0 Å². The highest BCUT2D eigenvalue weighted by atomic mass is 35.5. The number of hydrogen-bond donors (Lipinski definition) is 0. The lowest BCUT2D eigenvalue weighted by atomic mass is 9.95. The van der Waals surface area contributed by atoms with Crippen LogP contribution in [-0.4, -0.2) is 45.9 Å². The predicted octanol–water partition coefficient (Wildman–Crippen LogP) is 4.01. The first-order chi connectivity index (χ1) is 14.4. The van der Waals surface area contributed by atoms with E-state index in [2.05, 4.69) is 65.5 Å². The molecule has 0 N–H and O–H groups in total. The molecule has 0 saturated heterocycles. The van der Waals surface area contributed by atoms with Gasteiger partial charge in [0.1, 0.15) is 17.5 Å². The quantitative estimate of drug-likeness (QED) is 0.593. The van der Waals surface area contributed by atoms with Gasteiger partial charge in [-0.05, 0) is 66.9 Å². The summed E-state index contributed by atoms with van der Waals surface area (Å²) in [5, 5.41) is 12.8. The van der Waals surface area contributed by atoms with Gasteiger partial charge in [0, 0.05) is 18.7 Å². The van der Waals surface area contributed by atoms with Crippen molar-refractivity contribution < 1.29 is 9.47 Å². The summed E-state index contributed by atoms with van der Waals surface area (Å²) in [6, 6.07) is 14.4. The number of fused-ring (bicyclic) bond motifs is 1. The molecule has 0 aliphatic carbocycles. The Morgan fingerprint density at radius 3 is 2.42 bits per heavy atom. The van der Waals surface area contributed by atoms with Crippen molar-refractivity contribution in [2.45, 2.75) is 45.3 Å². The summed E-state index contributed by atoms with van der Waals surface area (Å²) in [4.78, 5) is 2.42. The van der Waals surface area contributed by atoms with Crippen LogP contribution < -0.4 is 9.47 Å². The van der Waals surface area contributed by atoms with E-state index in [4.69, 9.17) is 9.47 Å². The van der Waals surface area contributed by atoms with E-state index >= 15 is 0 Å². The van der Waals surface area contributed by atoms with Crippen LogP contribution in [0.5, 0.6) is 11.5 Å². The molecule has 2 heterocycles. The molecule has 0 bridgehead atoms. The highest BCUT2D eigenvalue weighted by molar-refractivity contribution is 5.85. The summed E-state index contributed by atoms with van der Waals surface area (Å²) in [6.45, 7) is 8.05. The van der Waals surface area contributed by atoms with Crippen LogP contribution in [-0.2, 0) is 18.5 Å². The average Bonchev–Trinajstić information content (AvgIpc) is 3.24. The van der Waals surface area contributed by atoms with Crippen LogP contribution in [0.25, 0.3) is 0 Å². The Hall–Kier alpha value is -2.64. The molecular weight excluding hydrogens is 414 g/mol. The Bertz CT molecular complexity index is 1030. The van der Waals surface area contributed by atoms with Crippen molar-refractivity contribution in [1.82, 2.24) is 25.1 Å². The van der Waals surface area contributed by atoms with Crippen LogP contribution in [0.1, 0.15) is 49.3 Å². The van der Waals surface area contributed by atoms with Gasteiger partial charge in [0.2, 0.25) is 0 Å². The van der Waals surface area contributed by atoms with Gasteiger partial charge in [-0.25, -0.2) is 4.68 Å². The monoisotopic (exact) mass is 443 g/mol. The number of ether oxygens (including phenoxy) is 2. The molecule has 8 heteroatoms. The van der Waals surface area contributed by atoms with E-state index in [-0.39, 0.29) is 24.0 Å². The van der Waals surface area contributed by atoms with Gasteiger partial charge < -0.3 is 9.47 Å². The highest BCUT2D eigenvalue weighted by Gasteiger charge is 2.35. The fraction of sp³-hybridized carbons (Fsp3) is 0.435. The normalized spacial score (nSPS) is 15.0. The summed E-state index contributed by atoms with van der Waals surface area (Å²) in [5.74, 6) is 2.37. The molecule has 1 aliphatic rings. The summed E-state index contributed by atoms with van der Waals surface area (Å²) in [7, 11) is 3.37. The molecule has 0 fully saturated rings. The summed E-state index contributed by atoms with van der Waals surface area (Å²) < 4.78 is 13.2. The van der Waals surface area contributed by atoms with Gasteiger partial charge in [-0.3, -0.25) is 4.90 Å². The van der Waals surface area contributed by atoms with E-state index in [1.165, 1.54) is 11.1 Å². The lowest BCUT2D eigenvalue weighted by Crippen LogP contribution is -2.38. The molecule has 2 aromatic carbocycles. The average molecular weight is 444 g/mol. The minimum atomic E-state index is -0.253. The zero-order valence-electron chi connectivity index (χ0n) is 18.7. The standard InChI is InChI=1S/C23H29N5O2.ClH/c1-23(2,3)28-22(24-25-26-28)21(19-14-18(29-4)10-11-20(19)30-5)27-13-12-16-8-6-7-9-17(16)15-27;/h6-11,14,21H,12-13,15H2,1-5H3;1H. The van der Waals surface area contributed by atoms with Crippen LogP contribution in [0, 0.1) is 0 Å². The van der Waals surface area contributed by atoms with E-state index in [1.54, 1.807) is 14.2 Å². The molecule has 4 rings (SSSR count). The van der Waals surface area contributed by atoms with Crippen molar-refractivity contribution in [3.63, 3.8) is 0 Å². The Morgan fingerprint density at radius 1 is 1.00 bits per heavy atom. The van der Waals surface area contributed by atoms with Gasteiger partial charge in [0.15, 0.2) is 5.82 Å². The lowest BCUT2D eigenvalue weighted by molar-refractivity contribution is 0.182. The minimum Gasteiger partial charge on any atom is -0.497 e. The lowest BCUT2D eigenvalue weighted by Gasteiger charge is -2.36. The van der Waals surface area contributed by atoms with Gasteiger partial charge in [-0.1, -0.05) is 24.3 Å². The van der Waals surface area contributed by atoms with E-state index in [0.29, 0.717) is 0 Å². The number of hydrogen-bond acceptors (Lipinski definition) is 6. The molecule has 0 radical (unpaired) electrons. The first-order valence-electron chi connectivity index (χ1n) is 10.2. The third kappa shape index (κ3) is 4.52. The molecule has 3 aromatic rings. The molecular formula is C23H30ClN5O2. The Morgan fingerprint density at radius 2 is 1.74 bits per heavy atom. The van der Waals surface area contributed by atoms with Crippen molar-refractivity contribution in [3.8, 4) is 11.5 Å². The zero-order valence-corrected chi connectivity index (χ0v) is 19.5. The van der Waals surface area contributed by atoms with Crippen molar-refractivity contribution in [2.24, 2.45) is 0 Å². The number of nitrogens with zero attached hydrogens (tertiary/aromatic N) is 5. The fourth-order valence-electron chi connectivity index (χ4n) is 4.13. The van der Waals surface area contributed by atoms with E-state index in [9.17, 15) is 0 Å². The van der Waals surface area contributed by atoms with Crippen molar-refractivity contribution in [1.29, 1.82) is 0 Å². The van der Waals surface area contributed by atoms with Crippen molar-refractivity contribution >= 4 is 12.4 Å². The summed E-state index contributed by atoms with van der Waals surface area (Å²) in [6.07, 6.45) is 0.982. The van der Waals surface area contributed by atoms with Gasteiger partial charge in [0.05, 0.1) is 19.8 Å². The molecule has 0 spiro atoms. The van der Waals surface area contributed by atoms with E-state index < -0.39 is 0 Å². The Balaban J connectivity index is 0.00000272. The second kappa shape index (κ2) is 9.24. The third-order valence-electron chi connectivity index (χ3n) is 5.63. The van der Waals surface area contributed by atoms with E-state index in [0.717, 1.165) is 42.4 Å². The summed E-state index contributed by atoms with van der Waals surface area (Å²) in [5.41, 5.74) is 3.49. The maximum atomic E-state index is 5.75.